The molecule has 1 fully saturated rings. The Morgan fingerprint density at radius 1 is 1.10 bits per heavy atom. The molecule has 0 saturated carbocycles. The standard InChI is InChI=1S/C24H32N4O2/c1-25-24(26-14-12-21-10-6-7-11-22(21)30-2)27-17-20-16-23(29)28(18-20)15-13-19-8-4-3-5-9-19/h3-11,20H,12-18H2,1-2H3,(H2,25,26,27). The van der Waals surface area contributed by atoms with Gasteiger partial charge in [-0.1, -0.05) is 48.5 Å². The molecule has 1 unspecified atom stereocenters. The molecule has 0 spiro atoms. The number of benzene rings is 2. The maximum atomic E-state index is 12.3. The van der Waals surface area contributed by atoms with Crippen LogP contribution in [0.5, 0.6) is 5.75 Å². The minimum Gasteiger partial charge on any atom is -0.496 e. The summed E-state index contributed by atoms with van der Waals surface area (Å²) in [6.07, 6.45) is 2.35. The first-order chi connectivity index (χ1) is 14.7. The van der Waals surface area contributed by atoms with E-state index in [1.807, 2.05) is 41.3 Å². The number of amides is 1. The quantitative estimate of drug-likeness (QED) is 0.494. The van der Waals surface area contributed by atoms with Crippen LogP contribution in [0.3, 0.4) is 0 Å². The Hall–Kier alpha value is -3.02. The van der Waals surface area contributed by atoms with Crippen LogP contribution in [0.1, 0.15) is 17.5 Å². The number of ether oxygens (including phenoxy) is 1. The zero-order valence-electron chi connectivity index (χ0n) is 17.9. The molecule has 1 amide bonds. The number of rotatable bonds is 9. The third-order valence-electron chi connectivity index (χ3n) is 5.47. The van der Waals surface area contributed by atoms with Gasteiger partial charge in [0.05, 0.1) is 7.11 Å². The Labute approximate surface area is 179 Å². The van der Waals surface area contributed by atoms with E-state index in [4.69, 9.17) is 4.74 Å². The van der Waals surface area contributed by atoms with Crippen LogP contribution >= 0.6 is 0 Å². The molecule has 30 heavy (non-hydrogen) atoms. The van der Waals surface area contributed by atoms with E-state index in [0.717, 1.165) is 50.7 Å². The summed E-state index contributed by atoms with van der Waals surface area (Å²) >= 11 is 0. The van der Waals surface area contributed by atoms with Crippen molar-refractivity contribution in [3.05, 3.63) is 65.7 Å². The molecular formula is C24H32N4O2. The normalized spacial score (nSPS) is 16.6. The summed E-state index contributed by atoms with van der Waals surface area (Å²) in [5, 5.41) is 6.72. The van der Waals surface area contributed by atoms with Crippen LogP contribution < -0.4 is 15.4 Å². The predicted octanol–water partition coefficient (Wildman–Crippen LogP) is 2.49. The van der Waals surface area contributed by atoms with Gasteiger partial charge in [-0.15, -0.1) is 0 Å². The molecule has 2 N–H and O–H groups in total. The van der Waals surface area contributed by atoms with Crippen molar-refractivity contribution in [2.45, 2.75) is 19.3 Å². The molecule has 0 bridgehead atoms. The van der Waals surface area contributed by atoms with Crippen molar-refractivity contribution in [2.75, 3.05) is 40.3 Å². The van der Waals surface area contributed by atoms with Gasteiger partial charge in [0.15, 0.2) is 5.96 Å². The zero-order valence-corrected chi connectivity index (χ0v) is 17.9. The van der Waals surface area contributed by atoms with Crippen LogP contribution in [-0.4, -0.2) is 57.1 Å². The van der Waals surface area contributed by atoms with Crippen LogP contribution in [0, 0.1) is 5.92 Å². The summed E-state index contributed by atoms with van der Waals surface area (Å²) in [6.45, 7) is 3.08. The maximum Gasteiger partial charge on any atom is 0.223 e. The van der Waals surface area contributed by atoms with Crippen molar-refractivity contribution in [3.8, 4) is 5.75 Å². The van der Waals surface area contributed by atoms with Gasteiger partial charge in [0.1, 0.15) is 5.75 Å². The van der Waals surface area contributed by atoms with E-state index < -0.39 is 0 Å². The fourth-order valence-electron chi connectivity index (χ4n) is 3.80. The molecule has 0 radical (unpaired) electrons. The largest absolute Gasteiger partial charge is 0.496 e. The summed E-state index contributed by atoms with van der Waals surface area (Å²) in [4.78, 5) is 18.6. The number of carbonyl (C=O) groups is 1. The number of methoxy groups -OCH3 is 1. The van der Waals surface area contributed by atoms with Crippen molar-refractivity contribution in [2.24, 2.45) is 10.9 Å². The second-order valence-corrected chi connectivity index (χ2v) is 7.59. The summed E-state index contributed by atoms with van der Waals surface area (Å²) < 4.78 is 5.40. The number of hydrogen-bond donors (Lipinski definition) is 2. The van der Waals surface area contributed by atoms with Crippen LogP contribution in [0.4, 0.5) is 0 Å². The number of nitrogens with one attached hydrogen (secondary N) is 2. The Bertz CT molecular complexity index is 838. The highest BCUT2D eigenvalue weighted by molar-refractivity contribution is 5.80. The number of guanidine groups is 1. The van der Waals surface area contributed by atoms with Crippen molar-refractivity contribution in [1.82, 2.24) is 15.5 Å². The molecule has 6 heteroatoms. The van der Waals surface area contributed by atoms with Gasteiger partial charge < -0.3 is 20.3 Å². The number of hydrogen-bond acceptors (Lipinski definition) is 3. The fraction of sp³-hybridized carbons (Fsp3) is 0.417. The van der Waals surface area contributed by atoms with Crippen LogP contribution in [0.2, 0.25) is 0 Å². The van der Waals surface area contributed by atoms with E-state index in [-0.39, 0.29) is 5.91 Å². The number of nitrogens with zero attached hydrogens (tertiary/aromatic N) is 2. The molecule has 2 aromatic rings. The van der Waals surface area contributed by atoms with Gasteiger partial charge in [-0.05, 0) is 30.0 Å². The number of likely N-dealkylation sites (tertiary alicyclic amines) is 1. The molecule has 160 valence electrons. The van der Waals surface area contributed by atoms with Gasteiger partial charge in [-0.25, -0.2) is 0 Å². The van der Waals surface area contributed by atoms with Crippen LogP contribution in [0.15, 0.2) is 59.6 Å². The van der Waals surface area contributed by atoms with E-state index in [1.54, 1.807) is 14.2 Å². The molecular weight excluding hydrogens is 376 g/mol. The first-order valence-corrected chi connectivity index (χ1v) is 10.6. The third-order valence-corrected chi connectivity index (χ3v) is 5.47. The number of carbonyl (C=O) groups excluding carboxylic acids is 1. The van der Waals surface area contributed by atoms with Crippen molar-refractivity contribution in [3.63, 3.8) is 0 Å². The second-order valence-electron chi connectivity index (χ2n) is 7.59. The van der Waals surface area contributed by atoms with E-state index in [1.165, 1.54) is 11.1 Å². The molecule has 1 atom stereocenters. The second kappa shape index (κ2) is 11.2. The molecule has 2 aromatic carbocycles. The molecule has 3 rings (SSSR count). The minimum absolute atomic E-state index is 0.247. The average Bonchev–Trinajstić information content (AvgIpc) is 3.15. The highest BCUT2D eigenvalue weighted by atomic mass is 16.5. The first-order valence-electron chi connectivity index (χ1n) is 10.6. The van der Waals surface area contributed by atoms with Gasteiger partial charge in [-0.2, -0.15) is 0 Å². The van der Waals surface area contributed by atoms with Crippen molar-refractivity contribution in [1.29, 1.82) is 0 Å². The van der Waals surface area contributed by atoms with Crippen molar-refractivity contribution >= 4 is 11.9 Å². The van der Waals surface area contributed by atoms with Crippen molar-refractivity contribution < 1.29 is 9.53 Å². The topological polar surface area (TPSA) is 66.0 Å². The molecule has 1 aliphatic rings. The van der Waals surface area contributed by atoms with Gasteiger partial charge in [-0.3, -0.25) is 9.79 Å². The smallest absolute Gasteiger partial charge is 0.223 e. The minimum atomic E-state index is 0.247. The Morgan fingerprint density at radius 2 is 1.87 bits per heavy atom. The first kappa shape index (κ1) is 21.7. The molecule has 0 aromatic heterocycles. The van der Waals surface area contributed by atoms with Gasteiger partial charge >= 0.3 is 0 Å². The van der Waals surface area contributed by atoms with E-state index >= 15 is 0 Å². The summed E-state index contributed by atoms with van der Waals surface area (Å²) in [6, 6.07) is 18.4. The van der Waals surface area contributed by atoms with E-state index in [9.17, 15) is 4.79 Å². The highest BCUT2D eigenvalue weighted by Gasteiger charge is 2.29. The predicted molar refractivity (Wildman–Crippen MR) is 121 cm³/mol. The molecule has 1 aliphatic heterocycles. The van der Waals surface area contributed by atoms with Gasteiger partial charge in [0, 0.05) is 45.6 Å². The Kier molecular flexibility index (Phi) is 8.12. The Morgan fingerprint density at radius 3 is 2.63 bits per heavy atom. The molecule has 1 saturated heterocycles. The number of aliphatic imine (C=N–C) groups is 1. The molecule has 0 aliphatic carbocycles. The lowest BCUT2D eigenvalue weighted by atomic mass is 10.1. The summed E-state index contributed by atoms with van der Waals surface area (Å²) in [5.74, 6) is 2.22. The Balaban J connectivity index is 1.39. The van der Waals surface area contributed by atoms with Crippen LogP contribution in [-0.2, 0) is 17.6 Å². The maximum absolute atomic E-state index is 12.3. The van der Waals surface area contributed by atoms with Crippen LogP contribution in [0.25, 0.3) is 0 Å². The monoisotopic (exact) mass is 408 g/mol. The van der Waals surface area contributed by atoms with Gasteiger partial charge in [0.25, 0.3) is 0 Å². The fourth-order valence-corrected chi connectivity index (χ4v) is 3.80. The zero-order chi connectivity index (χ0) is 21.2. The third kappa shape index (κ3) is 6.24. The van der Waals surface area contributed by atoms with E-state index in [2.05, 4.69) is 33.8 Å². The lowest BCUT2D eigenvalue weighted by Gasteiger charge is -2.18. The summed E-state index contributed by atoms with van der Waals surface area (Å²) in [5.41, 5.74) is 2.44. The molecule has 6 nitrogen and oxygen atoms in total. The van der Waals surface area contributed by atoms with E-state index in [0.29, 0.717) is 12.3 Å². The lowest BCUT2D eigenvalue weighted by Crippen LogP contribution is -2.41. The SMILES string of the molecule is CN=C(NCCc1ccccc1OC)NCC1CC(=O)N(CCc2ccccc2)C1. The summed E-state index contributed by atoms with van der Waals surface area (Å²) in [7, 11) is 3.46. The lowest BCUT2D eigenvalue weighted by molar-refractivity contribution is -0.127. The average molecular weight is 409 g/mol. The molecule has 1 heterocycles. The van der Waals surface area contributed by atoms with Gasteiger partial charge in [0.2, 0.25) is 5.91 Å². The highest BCUT2D eigenvalue weighted by Crippen LogP contribution is 2.18. The number of para-hydroxylation sites is 1.